The maximum absolute atomic E-state index is 14.6. The van der Waals surface area contributed by atoms with E-state index < -0.39 is 28.9 Å². The first kappa shape index (κ1) is 23.4. The lowest BCUT2D eigenvalue weighted by atomic mass is 10.0. The van der Waals surface area contributed by atoms with E-state index in [0.717, 1.165) is 6.07 Å². The van der Waals surface area contributed by atoms with Crippen LogP contribution in [0.5, 0.6) is 5.75 Å². The molecule has 3 heterocycles. The number of hydrogen-bond acceptors (Lipinski definition) is 7. The predicted octanol–water partition coefficient (Wildman–Crippen LogP) is 4.26. The molecule has 2 aromatic heterocycles. The van der Waals surface area contributed by atoms with Gasteiger partial charge in [-0.15, -0.1) is 0 Å². The summed E-state index contributed by atoms with van der Waals surface area (Å²) in [6.45, 7) is 0.792. The summed E-state index contributed by atoms with van der Waals surface area (Å²) >= 11 is 0. The smallest absolute Gasteiger partial charge is 0.273 e. The van der Waals surface area contributed by atoms with Gasteiger partial charge in [-0.3, -0.25) is 35.1 Å². The lowest BCUT2D eigenvalue weighted by Crippen LogP contribution is -2.47. The third-order valence-electron chi connectivity index (χ3n) is 5.80. The molecule has 0 unspecified atom stereocenters. The highest BCUT2D eigenvalue weighted by molar-refractivity contribution is 6.09. The van der Waals surface area contributed by atoms with Crippen LogP contribution in [0.1, 0.15) is 10.4 Å². The Kier molecular flexibility index (Phi) is 6.06. The highest BCUT2D eigenvalue weighted by atomic mass is 19.2. The second-order valence-electron chi connectivity index (χ2n) is 7.91. The van der Waals surface area contributed by atoms with Crippen LogP contribution in [0.15, 0.2) is 54.9 Å². The number of para-hydroxylation sites is 2. The minimum atomic E-state index is -1.35. The number of hydrogen-bond donors (Lipinski definition) is 1. The maximum atomic E-state index is 14.6. The van der Waals surface area contributed by atoms with Gasteiger partial charge in [0.15, 0.2) is 11.6 Å². The largest absolute Gasteiger partial charge is 0.489 e. The number of fused-ring (bicyclic) bond motifs is 2. The van der Waals surface area contributed by atoms with Gasteiger partial charge in [-0.1, -0.05) is 12.1 Å². The molecule has 5 rings (SSSR count). The maximum Gasteiger partial charge on any atom is 0.273 e. The normalized spacial score (nSPS) is 12.8. The summed E-state index contributed by atoms with van der Waals surface area (Å²) in [5.41, 5.74) is 3.68. The van der Waals surface area contributed by atoms with Gasteiger partial charge in [0.05, 0.1) is 41.8 Å². The van der Waals surface area contributed by atoms with Gasteiger partial charge in [-0.2, -0.15) is 0 Å². The quantitative estimate of drug-likeness (QED) is 0.328. The fourth-order valence-corrected chi connectivity index (χ4v) is 4.10. The molecule has 0 radical (unpaired) electrons. The van der Waals surface area contributed by atoms with Gasteiger partial charge in [0.2, 0.25) is 0 Å². The number of hydroxylamine groups is 1. The van der Waals surface area contributed by atoms with Crippen LogP contribution in [0.25, 0.3) is 22.2 Å². The fraction of sp³-hybridized carbons (Fsp3) is 0.160. The Labute approximate surface area is 203 Å². The number of benzene rings is 2. The fourth-order valence-electron chi connectivity index (χ4n) is 4.10. The highest BCUT2D eigenvalue weighted by Crippen LogP contribution is 2.36. The number of carbonyl (C=O) groups is 1. The zero-order valence-electron chi connectivity index (χ0n) is 19.3. The van der Waals surface area contributed by atoms with Gasteiger partial charge in [-0.05, 0) is 24.3 Å². The molecule has 0 fully saturated rings. The van der Waals surface area contributed by atoms with Crippen molar-refractivity contribution in [3.63, 3.8) is 0 Å². The van der Waals surface area contributed by atoms with Crippen LogP contribution in [0.3, 0.4) is 0 Å². The Morgan fingerprint density at radius 3 is 2.78 bits per heavy atom. The molecule has 8 nitrogen and oxygen atoms in total. The molecule has 4 aromatic rings. The Hall–Kier alpha value is -4.38. The number of anilines is 2. The molecule has 0 saturated heterocycles. The molecule has 36 heavy (non-hydrogen) atoms. The summed E-state index contributed by atoms with van der Waals surface area (Å²) in [5.74, 6) is -3.41. The topological polar surface area (TPSA) is 79.8 Å². The van der Waals surface area contributed by atoms with Crippen molar-refractivity contribution in [2.45, 2.75) is 0 Å². The molecular weight excluding hydrogens is 475 g/mol. The van der Waals surface area contributed by atoms with Gasteiger partial charge in [0.25, 0.3) is 5.91 Å². The number of nitrogens with zero attached hydrogens (tertiary/aromatic N) is 4. The van der Waals surface area contributed by atoms with E-state index in [1.54, 1.807) is 24.2 Å². The average molecular weight is 495 g/mol. The molecule has 1 aliphatic heterocycles. The predicted molar refractivity (Wildman–Crippen MR) is 127 cm³/mol. The van der Waals surface area contributed by atoms with Gasteiger partial charge >= 0.3 is 0 Å². The Balaban J connectivity index is 1.62. The van der Waals surface area contributed by atoms with Crippen LogP contribution in [-0.4, -0.2) is 43.2 Å². The summed E-state index contributed by atoms with van der Waals surface area (Å²) in [7, 11) is 2.99. The van der Waals surface area contributed by atoms with Crippen LogP contribution < -0.4 is 20.2 Å². The molecule has 1 aliphatic rings. The highest BCUT2D eigenvalue weighted by Gasteiger charge is 2.26. The van der Waals surface area contributed by atoms with Crippen molar-refractivity contribution in [1.82, 2.24) is 15.4 Å². The van der Waals surface area contributed by atoms with Gasteiger partial charge in [0.1, 0.15) is 18.2 Å². The van der Waals surface area contributed by atoms with Crippen LogP contribution in [0, 0.1) is 17.5 Å². The SMILES string of the molecule is CON(C)c1c(C(=O)NN2CCOc3ccccc32)cnc2c(-c3cc(F)cc(F)c3F)nccc12. The average Bonchev–Trinajstić information content (AvgIpc) is 2.89. The van der Waals surface area contributed by atoms with E-state index in [2.05, 4.69) is 15.4 Å². The number of nitrogens with one attached hydrogen (secondary N) is 1. The summed E-state index contributed by atoms with van der Waals surface area (Å²) in [6, 6.07) is 10.1. The lowest BCUT2D eigenvalue weighted by molar-refractivity contribution is 0.0942. The number of halogens is 3. The zero-order chi connectivity index (χ0) is 25.4. The number of carbonyl (C=O) groups excluding carboxylic acids is 1. The third-order valence-corrected chi connectivity index (χ3v) is 5.80. The number of ether oxygens (including phenoxy) is 1. The molecule has 2 aromatic carbocycles. The summed E-state index contributed by atoms with van der Waals surface area (Å²) in [4.78, 5) is 27.2. The number of pyridine rings is 2. The second kappa shape index (κ2) is 9.34. The Morgan fingerprint density at radius 1 is 1.17 bits per heavy atom. The minimum Gasteiger partial charge on any atom is -0.489 e. The second-order valence-corrected chi connectivity index (χ2v) is 7.91. The van der Waals surface area contributed by atoms with E-state index in [4.69, 9.17) is 9.57 Å². The number of hydrazine groups is 1. The molecule has 0 aliphatic carbocycles. The molecule has 0 bridgehead atoms. The standard InChI is InChI=1S/C25H20F3N5O3/c1-32(35-2)24-15-7-8-29-23(16-11-14(26)12-18(27)21(16)28)22(15)30-13-17(24)25(34)31-33-9-10-36-20-6-4-3-5-19(20)33/h3-8,11-13H,9-10H2,1-2H3,(H,31,34). The molecule has 1 N–H and O–H groups in total. The zero-order valence-corrected chi connectivity index (χ0v) is 19.3. The van der Waals surface area contributed by atoms with Gasteiger partial charge in [-0.25, -0.2) is 13.2 Å². The monoisotopic (exact) mass is 495 g/mol. The Bertz CT molecular complexity index is 1480. The van der Waals surface area contributed by atoms with Crippen molar-refractivity contribution in [3.8, 4) is 17.0 Å². The van der Waals surface area contributed by atoms with E-state index in [-0.39, 0.29) is 16.8 Å². The molecule has 184 valence electrons. The van der Waals surface area contributed by atoms with E-state index in [9.17, 15) is 18.0 Å². The summed E-state index contributed by atoms with van der Waals surface area (Å²) in [6.07, 6.45) is 2.63. The molecule has 0 spiro atoms. The summed E-state index contributed by atoms with van der Waals surface area (Å²) in [5, 5.41) is 3.38. The first-order valence-electron chi connectivity index (χ1n) is 10.9. The van der Waals surface area contributed by atoms with Crippen molar-refractivity contribution in [2.24, 2.45) is 0 Å². The minimum absolute atomic E-state index is 0.0804. The van der Waals surface area contributed by atoms with Crippen LogP contribution in [0.4, 0.5) is 24.5 Å². The third kappa shape index (κ3) is 4.03. The number of rotatable bonds is 5. The van der Waals surface area contributed by atoms with Crippen molar-refractivity contribution < 1.29 is 27.5 Å². The van der Waals surface area contributed by atoms with Crippen LogP contribution >= 0.6 is 0 Å². The van der Waals surface area contributed by atoms with E-state index in [1.165, 1.54) is 24.6 Å². The molecule has 0 atom stereocenters. The van der Waals surface area contributed by atoms with Crippen molar-refractivity contribution >= 4 is 28.2 Å². The lowest BCUT2D eigenvalue weighted by Gasteiger charge is -2.31. The van der Waals surface area contributed by atoms with Crippen LogP contribution in [-0.2, 0) is 4.84 Å². The molecule has 11 heteroatoms. The van der Waals surface area contributed by atoms with Gasteiger partial charge in [0, 0.05) is 36.5 Å². The molecule has 0 saturated carbocycles. The first-order chi connectivity index (χ1) is 17.4. The summed E-state index contributed by atoms with van der Waals surface area (Å²) < 4.78 is 48.1. The Morgan fingerprint density at radius 2 is 1.97 bits per heavy atom. The van der Waals surface area contributed by atoms with Crippen molar-refractivity contribution in [3.05, 3.63) is 77.9 Å². The van der Waals surface area contributed by atoms with Crippen LogP contribution in [0.2, 0.25) is 0 Å². The van der Waals surface area contributed by atoms with E-state index in [0.29, 0.717) is 41.7 Å². The molecule has 1 amide bonds. The van der Waals surface area contributed by atoms with Crippen molar-refractivity contribution in [2.75, 3.05) is 37.4 Å². The number of aromatic nitrogens is 2. The van der Waals surface area contributed by atoms with Gasteiger partial charge < -0.3 is 4.74 Å². The number of amides is 1. The van der Waals surface area contributed by atoms with E-state index in [1.807, 2.05) is 18.2 Å². The van der Waals surface area contributed by atoms with E-state index >= 15 is 0 Å². The first-order valence-corrected chi connectivity index (χ1v) is 10.9. The van der Waals surface area contributed by atoms with Crippen molar-refractivity contribution in [1.29, 1.82) is 0 Å². The molecular formula is C25H20F3N5O3.